The minimum atomic E-state index is 0.01000. The first-order valence-electron chi connectivity index (χ1n) is 4.21. The van der Waals surface area contributed by atoms with E-state index in [1.165, 1.54) is 0 Å². The first-order chi connectivity index (χ1) is 6.24. The number of benzene rings is 1. The Morgan fingerprint density at radius 2 is 2.31 bits per heavy atom. The summed E-state index contributed by atoms with van der Waals surface area (Å²) >= 11 is 6.00. The molecule has 0 amide bonds. The fourth-order valence-electron chi connectivity index (χ4n) is 1.86. The summed E-state index contributed by atoms with van der Waals surface area (Å²) in [5, 5.41) is 9.54. The smallest absolute Gasteiger partial charge is 0.0994 e. The molecule has 0 aromatic heterocycles. The van der Waals surface area contributed by atoms with Gasteiger partial charge in [-0.15, -0.1) is 0 Å². The second-order valence-electron chi connectivity index (χ2n) is 3.24. The highest BCUT2D eigenvalue weighted by molar-refractivity contribution is 6.31. The minimum absolute atomic E-state index is 0.01000. The molecule has 66 valence electrons. The molecule has 1 aromatic carbocycles. The van der Waals surface area contributed by atoms with Crippen molar-refractivity contribution in [1.82, 2.24) is 0 Å². The van der Waals surface area contributed by atoms with E-state index < -0.39 is 0 Å². The summed E-state index contributed by atoms with van der Waals surface area (Å²) in [4.78, 5) is 0. The van der Waals surface area contributed by atoms with E-state index in [2.05, 4.69) is 6.07 Å². The van der Waals surface area contributed by atoms with Crippen LogP contribution in [0.4, 0.5) is 0 Å². The van der Waals surface area contributed by atoms with Crippen LogP contribution in [0.2, 0.25) is 5.02 Å². The molecule has 1 aliphatic rings. The summed E-state index contributed by atoms with van der Waals surface area (Å²) in [5.41, 5.74) is 8.61. The molecular weight excluding hydrogens is 184 g/mol. The van der Waals surface area contributed by atoms with E-state index in [1.54, 1.807) is 12.1 Å². The molecule has 0 bridgehead atoms. The van der Waals surface area contributed by atoms with E-state index in [4.69, 9.17) is 22.6 Å². The molecule has 0 saturated carbocycles. The lowest BCUT2D eigenvalue weighted by Crippen LogP contribution is -2.06. The van der Waals surface area contributed by atoms with Gasteiger partial charge in [-0.3, -0.25) is 0 Å². The van der Waals surface area contributed by atoms with E-state index in [0.29, 0.717) is 10.6 Å². The standard InChI is InChI=1S/C10H9ClN2/c11-8-3-1-6(5-12)7-2-4-9(13)10(7)8/h1,3,9H,2,4,13H2. The van der Waals surface area contributed by atoms with Gasteiger partial charge in [0.1, 0.15) is 0 Å². The maximum atomic E-state index is 8.85. The number of hydrogen-bond donors (Lipinski definition) is 1. The fourth-order valence-corrected chi connectivity index (χ4v) is 2.17. The second-order valence-corrected chi connectivity index (χ2v) is 3.65. The SMILES string of the molecule is N#Cc1ccc(Cl)c2c1CCC2N. The summed E-state index contributed by atoms with van der Waals surface area (Å²) < 4.78 is 0. The Labute approximate surface area is 81.9 Å². The van der Waals surface area contributed by atoms with Gasteiger partial charge in [-0.25, -0.2) is 0 Å². The van der Waals surface area contributed by atoms with Crippen molar-refractivity contribution in [2.45, 2.75) is 18.9 Å². The predicted octanol–water partition coefficient (Wildman–Crippen LogP) is 2.16. The number of nitrogens with zero attached hydrogens (tertiary/aromatic N) is 1. The van der Waals surface area contributed by atoms with E-state index in [9.17, 15) is 0 Å². The van der Waals surface area contributed by atoms with Crippen LogP contribution in [0.3, 0.4) is 0 Å². The highest BCUT2D eigenvalue weighted by atomic mass is 35.5. The molecule has 1 aromatic rings. The van der Waals surface area contributed by atoms with Crippen LogP contribution in [0.5, 0.6) is 0 Å². The average Bonchev–Trinajstić information content (AvgIpc) is 2.50. The summed E-state index contributed by atoms with van der Waals surface area (Å²) in [6, 6.07) is 5.69. The quantitative estimate of drug-likeness (QED) is 0.685. The molecule has 1 unspecified atom stereocenters. The van der Waals surface area contributed by atoms with E-state index >= 15 is 0 Å². The average molecular weight is 193 g/mol. The van der Waals surface area contributed by atoms with Crippen LogP contribution in [0.25, 0.3) is 0 Å². The maximum absolute atomic E-state index is 8.85. The first kappa shape index (κ1) is 8.55. The monoisotopic (exact) mass is 192 g/mol. The molecule has 0 fully saturated rings. The Balaban J connectivity index is 2.67. The lowest BCUT2D eigenvalue weighted by Gasteiger charge is -2.07. The summed E-state index contributed by atoms with van der Waals surface area (Å²) in [6.07, 6.45) is 1.77. The first-order valence-corrected chi connectivity index (χ1v) is 4.59. The highest BCUT2D eigenvalue weighted by Crippen LogP contribution is 2.36. The van der Waals surface area contributed by atoms with Crippen molar-refractivity contribution in [1.29, 1.82) is 5.26 Å². The molecule has 2 nitrogen and oxygen atoms in total. The molecule has 3 heteroatoms. The normalized spacial score (nSPS) is 19.6. The van der Waals surface area contributed by atoms with E-state index in [-0.39, 0.29) is 6.04 Å². The molecule has 0 saturated heterocycles. The summed E-state index contributed by atoms with van der Waals surface area (Å²) in [5.74, 6) is 0. The fraction of sp³-hybridized carbons (Fsp3) is 0.300. The van der Waals surface area contributed by atoms with E-state index in [1.807, 2.05) is 0 Å². The summed E-state index contributed by atoms with van der Waals surface area (Å²) in [6.45, 7) is 0. The molecule has 2 rings (SSSR count). The van der Waals surface area contributed by atoms with Gasteiger partial charge in [0.15, 0.2) is 0 Å². The zero-order valence-electron chi connectivity index (χ0n) is 7.05. The van der Waals surface area contributed by atoms with Crippen LogP contribution in [0, 0.1) is 11.3 Å². The van der Waals surface area contributed by atoms with Gasteiger partial charge in [-0.2, -0.15) is 5.26 Å². The lowest BCUT2D eigenvalue weighted by atomic mass is 10.0. The molecule has 0 radical (unpaired) electrons. The molecule has 0 heterocycles. The molecule has 13 heavy (non-hydrogen) atoms. The van der Waals surface area contributed by atoms with Gasteiger partial charge in [0, 0.05) is 11.1 Å². The van der Waals surface area contributed by atoms with Gasteiger partial charge in [0.2, 0.25) is 0 Å². The number of nitriles is 1. The molecular formula is C10H9ClN2. The lowest BCUT2D eigenvalue weighted by molar-refractivity contribution is 0.713. The van der Waals surface area contributed by atoms with Crippen molar-refractivity contribution in [3.63, 3.8) is 0 Å². The molecule has 0 aliphatic heterocycles. The number of halogens is 1. The van der Waals surface area contributed by atoms with Gasteiger partial charge >= 0.3 is 0 Å². The Kier molecular flexibility index (Phi) is 1.99. The Bertz CT molecular complexity index is 393. The largest absolute Gasteiger partial charge is 0.324 e. The van der Waals surface area contributed by atoms with E-state index in [0.717, 1.165) is 24.0 Å². The topological polar surface area (TPSA) is 49.8 Å². The van der Waals surface area contributed by atoms with Crippen molar-refractivity contribution < 1.29 is 0 Å². The van der Waals surface area contributed by atoms with Crippen LogP contribution in [0.15, 0.2) is 12.1 Å². The zero-order chi connectivity index (χ0) is 9.42. The van der Waals surface area contributed by atoms with Crippen molar-refractivity contribution in [3.8, 4) is 6.07 Å². The van der Waals surface area contributed by atoms with Crippen LogP contribution in [-0.2, 0) is 6.42 Å². The van der Waals surface area contributed by atoms with Crippen LogP contribution in [-0.4, -0.2) is 0 Å². The predicted molar refractivity (Wildman–Crippen MR) is 51.4 cm³/mol. The van der Waals surface area contributed by atoms with Crippen molar-refractivity contribution in [2.75, 3.05) is 0 Å². The van der Waals surface area contributed by atoms with Crippen LogP contribution >= 0.6 is 11.6 Å². The van der Waals surface area contributed by atoms with Gasteiger partial charge in [-0.05, 0) is 36.1 Å². The van der Waals surface area contributed by atoms with Gasteiger partial charge < -0.3 is 5.73 Å². The third kappa shape index (κ3) is 1.21. The summed E-state index contributed by atoms with van der Waals surface area (Å²) in [7, 11) is 0. The Hall–Kier alpha value is -1.04. The van der Waals surface area contributed by atoms with Crippen LogP contribution < -0.4 is 5.73 Å². The van der Waals surface area contributed by atoms with Crippen molar-refractivity contribution in [3.05, 3.63) is 33.8 Å². The molecule has 1 atom stereocenters. The van der Waals surface area contributed by atoms with Crippen molar-refractivity contribution >= 4 is 11.6 Å². The van der Waals surface area contributed by atoms with Gasteiger partial charge in [0.05, 0.1) is 11.6 Å². The number of nitrogens with two attached hydrogens (primary N) is 1. The molecule has 1 aliphatic carbocycles. The van der Waals surface area contributed by atoms with Crippen LogP contribution in [0.1, 0.15) is 29.2 Å². The third-order valence-electron chi connectivity index (χ3n) is 2.50. The third-order valence-corrected chi connectivity index (χ3v) is 2.83. The zero-order valence-corrected chi connectivity index (χ0v) is 7.80. The number of rotatable bonds is 0. The number of hydrogen-bond acceptors (Lipinski definition) is 2. The minimum Gasteiger partial charge on any atom is -0.324 e. The Morgan fingerprint density at radius 1 is 1.54 bits per heavy atom. The van der Waals surface area contributed by atoms with Gasteiger partial charge in [-0.1, -0.05) is 11.6 Å². The number of fused-ring (bicyclic) bond motifs is 1. The molecule has 2 N–H and O–H groups in total. The highest BCUT2D eigenvalue weighted by Gasteiger charge is 2.24. The molecule has 0 spiro atoms. The van der Waals surface area contributed by atoms with Gasteiger partial charge in [0.25, 0.3) is 0 Å². The van der Waals surface area contributed by atoms with Crippen molar-refractivity contribution in [2.24, 2.45) is 5.73 Å². The maximum Gasteiger partial charge on any atom is 0.0994 e. The Morgan fingerprint density at radius 3 is 3.00 bits per heavy atom. The second kappa shape index (κ2) is 3.02.